The Labute approximate surface area is 69.1 Å². The molecule has 1 aliphatic rings. The van der Waals surface area contributed by atoms with Gasteiger partial charge in [-0.1, -0.05) is 0 Å². The van der Waals surface area contributed by atoms with Crippen molar-refractivity contribution in [2.75, 3.05) is 0 Å². The van der Waals surface area contributed by atoms with E-state index in [-0.39, 0.29) is 18.7 Å². The fourth-order valence-electron chi connectivity index (χ4n) is 1.06. The molecule has 12 heavy (non-hydrogen) atoms. The minimum Gasteiger partial charge on any atom is -0.387 e. The quantitative estimate of drug-likeness (QED) is 0.571. The Balaban J connectivity index is 2.97. The third-order valence-electron chi connectivity index (χ3n) is 1.73. The van der Waals surface area contributed by atoms with Crippen molar-refractivity contribution < 1.29 is 4.79 Å². The molecule has 0 saturated carbocycles. The molecule has 60 valence electrons. The average Bonchev–Trinajstić information content (AvgIpc) is 2.28. The molecule has 1 rings (SSSR count). The maximum Gasteiger partial charge on any atom is 0.269 e. The van der Waals surface area contributed by atoms with Gasteiger partial charge in [-0.15, -0.1) is 0 Å². The minimum atomic E-state index is -1.31. The van der Waals surface area contributed by atoms with E-state index in [1.807, 2.05) is 0 Å². The molecule has 1 atom stereocenters. The van der Waals surface area contributed by atoms with Gasteiger partial charge in [0.2, 0.25) is 0 Å². The highest BCUT2D eigenvalue weighted by Crippen LogP contribution is 2.31. The van der Waals surface area contributed by atoms with Gasteiger partial charge in [-0.05, 0) is 0 Å². The monoisotopic (exact) mass is 162 g/mol. The summed E-state index contributed by atoms with van der Waals surface area (Å²) in [5.74, 6) is -0.458. The maximum atomic E-state index is 11.1. The van der Waals surface area contributed by atoms with Gasteiger partial charge in [-0.3, -0.25) is 4.79 Å². The molecular formula is C7H6N4O. The van der Waals surface area contributed by atoms with Crippen LogP contribution < -0.4 is 5.73 Å². The molecular weight excluding hydrogens is 156 g/mol. The number of nitrogens with two attached hydrogens (primary N) is 1. The Morgan fingerprint density at radius 3 is 2.67 bits per heavy atom. The van der Waals surface area contributed by atoms with Gasteiger partial charge in [0.15, 0.2) is 5.41 Å². The molecule has 1 unspecified atom stereocenters. The molecule has 2 N–H and O–H groups in total. The Bertz CT molecular complexity index is 332. The first kappa shape index (κ1) is 8.22. The van der Waals surface area contributed by atoms with Crippen LogP contribution in [0, 0.1) is 28.1 Å². The predicted octanol–water partition coefficient (Wildman–Crippen LogP) is -0.302. The smallest absolute Gasteiger partial charge is 0.269 e. The van der Waals surface area contributed by atoms with Gasteiger partial charge in [0.05, 0.1) is 18.6 Å². The summed E-state index contributed by atoms with van der Waals surface area (Å²) in [5, 5.41) is 17.1. The predicted molar refractivity (Wildman–Crippen MR) is 39.5 cm³/mol. The zero-order chi connectivity index (χ0) is 9.19. The molecule has 0 radical (unpaired) electrons. The summed E-state index contributed by atoms with van der Waals surface area (Å²) < 4.78 is 0. The number of rotatable bonds is 1. The second-order valence-corrected chi connectivity index (χ2v) is 2.61. The zero-order valence-corrected chi connectivity index (χ0v) is 6.24. The summed E-state index contributed by atoms with van der Waals surface area (Å²) >= 11 is 0. The molecule has 0 aromatic heterocycles. The van der Waals surface area contributed by atoms with Crippen molar-refractivity contribution in [3.05, 3.63) is 0 Å². The maximum absolute atomic E-state index is 11.1. The summed E-state index contributed by atoms with van der Waals surface area (Å²) in [4.78, 5) is 14.5. The van der Waals surface area contributed by atoms with Crippen LogP contribution >= 0.6 is 0 Å². The number of carbonyl (C=O) groups is 1. The lowest BCUT2D eigenvalue weighted by Gasteiger charge is -2.10. The number of nitrogens with zero attached hydrogens (tertiary/aromatic N) is 3. The molecule has 0 fully saturated rings. The van der Waals surface area contributed by atoms with Crippen LogP contribution in [0.25, 0.3) is 0 Å². The van der Waals surface area contributed by atoms with E-state index in [4.69, 9.17) is 16.3 Å². The number of hydrogen-bond acceptors (Lipinski definition) is 4. The van der Waals surface area contributed by atoms with Gasteiger partial charge >= 0.3 is 0 Å². The highest BCUT2D eigenvalue weighted by Gasteiger charge is 2.44. The first-order valence-corrected chi connectivity index (χ1v) is 3.30. The summed E-state index contributed by atoms with van der Waals surface area (Å²) in [7, 11) is 0. The van der Waals surface area contributed by atoms with Gasteiger partial charge in [-0.25, -0.2) is 0 Å². The highest BCUT2D eigenvalue weighted by molar-refractivity contribution is 6.05. The molecule has 5 nitrogen and oxygen atoms in total. The van der Waals surface area contributed by atoms with Crippen LogP contribution in [0.15, 0.2) is 4.99 Å². The third-order valence-corrected chi connectivity index (χ3v) is 1.73. The molecule has 0 bridgehead atoms. The van der Waals surface area contributed by atoms with E-state index in [9.17, 15) is 4.79 Å². The summed E-state index contributed by atoms with van der Waals surface area (Å²) in [6.07, 6.45) is -0.0670. The van der Waals surface area contributed by atoms with Gasteiger partial charge in [-0.2, -0.15) is 15.5 Å². The van der Waals surface area contributed by atoms with E-state index < -0.39 is 11.3 Å². The Morgan fingerprint density at radius 1 is 1.67 bits per heavy atom. The van der Waals surface area contributed by atoms with Crippen molar-refractivity contribution in [2.45, 2.75) is 12.8 Å². The van der Waals surface area contributed by atoms with Crippen LogP contribution in [-0.2, 0) is 4.79 Å². The van der Waals surface area contributed by atoms with Crippen molar-refractivity contribution in [3.8, 4) is 12.1 Å². The van der Waals surface area contributed by atoms with E-state index in [0.717, 1.165) is 0 Å². The lowest BCUT2D eigenvalue weighted by molar-refractivity contribution is -0.123. The second-order valence-electron chi connectivity index (χ2n) is 2.61. The van der Waals surface area contributed by atoms with E-state index in [1.165, 1.54) is 0 Å². The highest BCUT2D eigenvalue weighted by atomic mass is 16.1. The summed E-state index contributed by atoms with van der Waals surface area (Å²) in [6, 6.07) is 3.57. The SMILES string of the molecule is N#CCC1(C#N)CC(N)=NC1=O. The number of nitriles is 2. The number of hydrogen-bond donors (Lipinski definition) is 1. The van der Waals surface area contributed by atoms with E-state index in [2.05, 4.69) is 4.99 Å². The zero-order valence-electron chi connectivity index (χ0n) is 6.24. The molecule has 1 heterocycles. The minimum absolute atomic E-state index is 0.0793. The molecule has 0 saturated heterocycles. The molecule has 0 spiro atoms. The van der Waals surface area contributed by atoms with Gasteiger partial charge < -0.3 is 5.73 Å². The van der Waals surface area contributed by atoms with E-state index in [1.54, 1.807) is 12.1 Å². The Morgan fingerprint density at radius 2 is 2.33 bits per heavy atom. The van der Waals surface area contributed by atoms with Crippen LogP contribution in [0.5, 0.6) is 0 Å². The van der Waals surface area contributed by atoms with Crippen LogP contribution in [0.3, 0.4) is 0 Å². The molecule has 0 aromatic carbocycles. The van der Waals surface area contributed by atoms with Crippen LogP contribution in [-0.4, -0.2) is 11.7 Å². The molecule has 1 aliphatic heterocycles. The van der Waals surface area contributed by atoms with Crippen molar-refractivity contribution in [3.63, 3.8) is 0 Å². The summed E-state index contributed by atoms with van der Waals surface area (Å²) in [5.41, 5.74) is 3.97. The van der Waals surface area contributed by atoms with Crippen molar-refractivity contribution in [1.82, 2.24) is 0 Å². The van der Waals surface area contributed by atoms with Crippen LogP contribution in [0.4, 0.5) is 0 Å². The number of carbonyl (C=O) groups excluding carboxylic acids is 1. The third kappa shape index (κ3) is 1.02. The van der Waals surface area contributed by atoms with Gasteiger partial charge in [0.1, 0.15) is 5.84 Å². The van der Waals surface area contributed by atoms with Gasteiger partial charge in [0.25, 0.3) is 5.91 Å². The van der Waals surface area contributed by atoms with E-state index in [0.29, 0.717) is 0 Å². The van der Waals surface area contributed by atoms with Crippen molar-refractivity contribution >= 4 is 11.7 Å². The summed E-state index contributed by atoms with van der Waals surface area (Å²) in [6.45, 7) is 0. The first-order valence-electron chi connectivity index (χ1n) is 3.30. The number of aliphatic imine (C=N–C) groups is 1. The Hall–Kier alpha value is -1.88. The molecule has 0 aromatic rings. The van der Waals surface area contributed by atoms with Crippen LogP contribution in [0.1, 0.15) is 12.8 Å². The van der Waals surface area contributed by atoms with Crippen molar-refractivity contribution in [2.24, 2.45) is 16.1 Å². The lowest BCUT2D eigenvalue weighted by Crippen LogP contribution is -2.25. The standard InChI is InChI=1S/C7H6N4O/c8-2-1-7(4-9)3-5(10)11-6(7)12/h1,3H2,(H2,10,11,12). The normalized spacial score (nSPS) is 27.5. The fraction of sp³-hybridized carbons (Fsp3) is 0.429. The van der Waals surface area contributed by atoms with Crippen LogP contribution in [0.2, 0.25) is 0 Å². The number of amidine groups is 1. The first-order chi connectivity index (χ1) is 5.64. The Kier molecular flexibility index (Phi) is 1.80. The lowest BCUT2D eigenvalue weighted by atomic mass is 9.84. The second kappa shape index (κ2) is 2.63. The molecule has 0 aliphatic carbocycles. The average molecular weight is 162 g/mol. The number of amides is 1. The molecule has 5 heteroatoms. The van der Waals surface area contributed by atoms with Crippen molar-refractivity contribution in [1.29, 1.82) is 10.5 Å². The fourth-order valence-corrected chi connectivity index (χ4v) is 1.06. The molecule has 1 amide bonds. The van der Waals surface area contributed by atoms with Gasteiger partial charge in [0, 0.05) is 6.42 Å². The van der Waals surface area contributed by atoms with E-state index >= 15 is 0 Å². The topological polar surface area (TPSA) is 103 Å². The largest absolute Gasteiger partial charge is 0.387 e.